The van der Waals surface area contributed by atoms with E-state index in [0.717, 1.165) is 0 Å². The van der Waals surface area contributed by atoms with Crippen molar-refractivity contribution in [1.82, 2.24) is 9.97 Å². The SMILES string of the molecule is O=C(O)c1ccnc(Sc2ccc([N+](=O)[O-])nc2)c1. The Morgan fingerprint density at radius 2 is 2.11 bits per heavy atom. The molecule has 0 radical (unpaired) electrons. The number of carbonyl (C=O) groups is 1. The average molecular weight is 277 g/mol. The fourth-order valence-electron chi connectivity index (χ4n) is 1.26. The molecule has 2 aromatic heterocycles. The van der Waals surface area contributed by atoms with Gasteiger partial charge in [0, 0.05) is 12.3 Å². The van der Waals surface area contributed by atoms with E-state index >= 15 is 0 Å². The van der Waals surface area contributed by atoms with Crippen LogP contribution < -0.4 is 0 Å². The standard InChI is InChI=1S/C11H7N3O4S/c15-11(16)7-3-4-12-10(5-7)19-8-1-2-9(13-6-8)14(17)18/h1-6H,(H,15,16). The number of nitrogens with zero attached hydrogens (tertiary/aromatic N) is 3. The highest BCUT2D eigenvalue weighted by Gasteiger charge is 2.09. The molecule has 96 valence electrons. The van der Waals surface area contributed by atoms with E-state index in [2.05, 4.69) is 9.97 Å². The molecule has 0 saturated heterocycles. The van der Waals surface area contributed by atoms with Gasteiger partial charge >= 0.3 is 11.8 Å². The predicted octanol–water partition coefficient (Wildman–Crippen LogP) is 2.23. The van der Waals surface area contributed by atoms with Crippen molar-refractivity contribution < 1.29 is 14.8 Å². The normalized spacial score (nSPS) is 10.1. The maximum absolute atomic E-state index is 10.8. The van der Waals surface area contributed by atoms with Crippen molar-refractivity contribution in [3.63, 3.8) is 0 Å². The van der Waals surface area contributed by atoms with E-state index in [4.69, 9.17) is 5.11 Å². The van der Waals surface area contributed by atoms with Crippen LogP contribution in [0, 0.1) is 10.1 Å². The third kappa shape index (κ3) is 3.26. The second kappa shape index (κ2) is 5.44. The molecule has 1 N–H and O–H groups in total. The molecular weight excluding hydrogens is 270 g/mol. The quantitative estimate of drug-likeness (QED) is 0.674. The number of aromatic carboxylic acids is 1. The molecular formula is C11H7N3O4S. The maximum Gasteiger partial charge on any atom is 0.363 e. The molecule has 2 aromatic rings. The fourth-order valence-corrected chi connectivity index (χ4v) is 2.04. The second-order valence-corrected chi connectivity index (χ2v) is 4.49. The lowest BCUT2D eigenvalue weighted by atomic mass is 10.3. The Kier molecular flexibility index (Phi) is 3.71. The zero-order valence-corrected chi connectivity index (χ0v) is 10.2. The average Bonchev–Trinajstić information content (AvgIpc) is 2.39. The largest absolute Gasteiger partial charge is 0.478 e. The number of hydrogen-bond donors (Lipinski definition) is 1. The Morgan fingerprint density at radius 3 is 2.68 bits per heavy atom. The molecule has 2 rings (SSSR count). The zero-order chi connectivity index (χ0) is 13.8. The molecule has 8 heteroatoms. The molecule has 2 heterocycles. The minimum atomic E-state index is -1.04. The first-order chi connectivity index (χ1) is 9.06. The molecule has 0 aliphatic heterocycles. The Labute approximate surface area is 111 Å². The van der Waals surface area contributed by atoms with Crippen LogP contribution in [-0.2, 0) is 0 Å². The van der Waals surface area contributed by atoms with Crippen LogP contribution in [0.25, 0.3) is 0 Å². The van der Waals surface area contributed by atoms with Crippen molar-refractivity contribution >= 4 is 23.5 Å². The fraction of sp³-hybridized carbons (Fsp3) is 0. The van der Waals surface area contributed by atoms with Crippen LogP contribution in [0.4, 0.5) is 5.82 Å². The summed E-state index contributed by atoms with van der Waals surface area (Å²) in [5.74, 6) is -1.28. The number of pyridine rings is 2. The van der Waals surface area contributed by atoms with Crippen LogP contribution in [0.5, 0.6) is 0 Å². The smallest absolute Gasteiger partial charge is 0.363 e. The van der Waals surface area contributed by atoms with Crippen LogP contribution in [0.3, 0.4) is 0 Å². The van der Waals surface area contributed by atoms with Crippen LogP contribution in [0.15, 0.2) is 46.6 Å². The minimum Gasteiger partial charge on any atom is -0.478 e. The van der Waals surface area contributed by atoms with Crippen molar-refractivity contribution in [2.45, 2.75) is 9.92 Å². The Hall–Kier alpha value is -2.48. The van der Waals surface area contributed by atoms with Gasteiger partial charge in [0.25, 0.3) is 0 Å². The van der Waals surface area contributed by atoms with Gasteiger partial charge in [-0.3, -0.25) is 0 Å². The van der Waals surface area contributed by atoms with E-state index in [1.807, 2.05) is 0 Å². The second-order valence-electron chi connectivity index (χ2n) is 3.40. The maximum atomic E-state index is 10.8. The summed E-state index contributed by atoms with van der Waals surface area (Å²) < 4.78 is 0. The molecule has 0 atom stereocenters. The molecule has 0 amide bonds. The van der Waals surface area contributed by atoms with E-state index in [9.17, 15) is 14.9 Å². The van der Waals surface area contributed by atoms with Crippen molar-refractivity contribution in [1.29, 1.82) is 0 Å². The Morgan fingerprint density at radius 1 is 1.32 bits per heavy atom. The lowest BCUT2D eigenvalue weighted by molar-refractivity contribution is -0.389. The molecule has 0 aliphatic rings. The van der Waals surface area contributed by atoms with Gasteiger partial charge in [0.2, 0.25) is 0 Å². The molecule has 0 spiro atoms. The number of carboxylic acids is 1. The van der Waals surface area contributed by atoms with E-state index in [-0.39, 0.29) is 11.4 Å². The first-order valence-corrected chi connectivity index (χ1v) is 5.85. The summed E-state index contributed by atoms with van der Waals surface area (Å²) in [6, 6.07) is 5.63. The van der Waals surface area contributed by atoms with Crippen molar-refractivity contribution in [3.05, 3.63) is 52.3 Å². The van der Waals surface area contributed by atoms with Gasteiger partial charge in [-0.15, -0.1) is 0 Å². The molecule has 7 nitrogen and oxygen atoms in total. The summed E-state index contributed by atoms with van der Waals surface area (Å²) in [7, 11) is 0. The van der Waals surface area contributed by atoms with Gasteiger partial charge in [-0.25, -0.2) is 9.78 Å². The summed E-state index contributed by atoms with van der Waals surface area (Å²) in [5, 5.41) is 19.8. The number of rotatable bonds is 4. The van der Waals surface area contributed by atoms with E-state index in [0.29, 0.717) is 9.92 Å². The molecule has 0 saturated carbocycles. The van der Waals surface area contributed by atoms with Crippen LogP contribution in [0.1, 0.15) is 10.4 Å². The van der Waals surface area contributed by atoms with Crippen molar-refractivity contribution in [2.24, 2.45) is 0 Å². The Balaban J connectivity index is 2.19. The lowest BCUT2D eigenvalue weighted by Crippen LogP contribution is -1.96. The zero-order valence-electron chi connectivity index (χ0n) is 9.39. The molecule has 0 fully saturated rings. The Bertz CT molecular complexity index is 630. The molecule has 0 unspecified atom stereocenters. The summed E-state index contributed by atoms with van der Waals surface area (Å²) in [6.45, 7) is 0. The van der Waals surface area contributed by atoms with Crippen molar-refractivity contribution in [3.8, 4) is 0 Å². The number of hydrogen-bond acceptors (Lipinski definition) is 6. The number of aromatic nitrogens is 2. The van der Waals surface area contributed by atoms with E-state index in [1.54, 1.807) is 0 Å². The van der Waals surface area contributed by atoms with Crippen LogP contribution in [-0.4, -0.2) is 26.0 Å². The van der Waals surface area contributed by atoms with Gasteiger partial charge in [0.15, 0.2) is 6.20 Å². The monoisotopic (exact) mass is 277 g/mol. The molecule has 0 bridgehead atoms. The highest BCUT2D eigenvalue weighted by molar-refractivity contribution is 7.99. The minimum absolute atomic E-state index is 0.132. The van der Waals surface area contributed by atoms with Gasteiger partial charge in [0.1, 0.15) is 5.03 Å². The van der Waals surface area contributed by atoms with Gasteiger partial charge in [0.05, 0.1) is 10.5 Å². The van der Waals surface area contributed by atoms with Crippen LogP contribution >= 0.6 is 11.8 Å². The van der Waals surface area contributed by atoms with Gasteiger partial charge in [-0.05, 0) is 28.1 Å². The van der Waals surface area contributed by atoms with Gasteiger partial charge in [-0.2, -0.15) is 0 Å². The first kappa shape index (κ1) is 13.0. The third-order valence-corrected chi connectivity index (χ3v) is 3.02. The highest BCUT2D eigenvalue weighted by atomic mass is 32.2. The molecule has 19 heavy (non-hydrogen) atoms. The molecule has 0 aliphatic carbocycles. The van der Waals surface area contributed by atoms with Crippen molar-refractivity contribution in [2.75, 3.05) is 0 Å². The summed E-state index contributed by atoms with van der Waals surface area (Å²) in [6.07, 6.45) is 2.74. The summed E-state index contributed by atoms with van der Waals surface area (Å²) >= 11 is 1.18. The van der Waals surface area contributed by atoms with E-state index < -0.39 is 10.9 Å². The van der Waals surface area contributed by atoms with E-state index in [1.165, 1.54) is 48.4 Å². The first-order valence-electron chi connectivity index (χ1n) is 5.04. The van der Waals surface area contributed by atoms with Crippen LogP contribution in [0.2, 0.25) is 0 Å². The predicted molar refractivity (Wildman–Crippen MR) is 66.2 cm³/mol. The third-order valence-electron chi connectivity index (χ3n) is 2.11. The number of nitro groups is 1. The topological polar surface area (TPSA) is 106 Å². The summed E-state index contributed by atoms with van der Waals surface area (Å²) in [4.78, 5) is 29.0. The highest BCUT2D eigenvalue weighted by Crippen LogP contribution is 2.26. The lowest BCUT2D eigenvalue weighted by Gasteiger charge is -2.00. The molecule has 0 aromatic carbocycles. The van der Waals surface area contributed by atoms with Gasteiger partial charge in [-0.1, -0.05) is 11.8 Å². The number of carboxylic acid groups (broad SMARTS) is 1. The summed E-state index contributed by atoms with van der Waals surface area (Å²) in [5.41, 5.74) is 0.132. The van der Waals surface area contributed by atoms with Gasteiger partial charge < -0.3 is 15.2 Å².